The van der Waals surface area contributed by atoms with Crippen molar-refractivity contribution in [1.29, 1.82) is 0 Å². The number of halogens is 1. The van der Waals surface area contributed by atoms with Gasteiger partial charge in [0.15, 0.2) is 0 Å². The van der Waals surface area contributed by atoms with Crippen molar-refractivity contribution < 1.29 is 14.7 Å². The molecule has 0 aliphatic carbocycles. The molecule has 7 nitrogen and oxygen atoms in total. The summed E-state index contributed by atoms with van der Waals surface area (Å²) < 4.78 is 0.444. The number of aromatic nitrogens is 1. The van der Waals surface area contributed by atoms with Gasteiger partial charge >= 0.3 is 12.1 Å². The number of likely N-dealkylation sites (N-methyl/N-ethyl adjacent to an activating group) is 2. The number of carboxylic acid groups (broad SMARTS) is 1. The maximum Gasteiger partial charge on any atom is 0.409 e. The van der Waals surface area contributed by atoms with Crippen LogP contribution in [0.4, 0.5) is 15.3 Å². The molecule has 0 atom stereocenters. The Morgan fingerprint density at radius 2 is 2.00 bits per heavy atom. The van der Waals surface area contributed by atoms with E-state index in [1.807, 2.05) is 0 Å². The molecular weight excluding hydrogens is 328 g/mol. The summed E-state index contributed by atoms with van der Waals surface area (Å²) in [4.78, 5) is 30.0. The SMILES string of the molecule is CN1CC(c2ccc(NC(=O)O)c(Br)n2)CN(C)C1=O. The van der Waals surface area contributed by atoms with Crippen molar-refractivity contribution in [3.05, 3.63) is 22.4 Å². The minimum absolute atomic E-state index is 0.00974. The van der Waals surface area contributed by atoms with E-state index in [1.54, 1.807) is 36.0 Å². The number of urea groups is 1. The van der Waals surface area contributed by atoms with E-state index in [0.29, 0.717) is 23.4 Å². The van der Waals surface area contributed by atoms with Crippen LogP contribution in [0.15, 0.2) is 16.7 Å². The van der Waals surface area contributed by atoms with Crippen LogP contribution < -0.4 is 5.32 Å². The molecule has 0 bridgehead atoms. The van der Waals surface area contributed by atoms with E-state index < -0.39 is 6.09 Å². The fourth-order valence-electron chi connectivity index (χ4n) is 2.24. The first-order valence-electron chi connectivity index (χ1n) is 6.01. The van der Waals surface area contributed by atoms with Gasteiger partial charge in [0.25, 0.3) is 0 Å². The Morgan fingerprint density at radius 3 is 2.50 bits per heavy atom. The number of hydrogen-bond donors (Lipinski definition) is 2. The number of amides is 3. The fraction of sp³-hybridized carbons (Fsp3) is 0.417. The monoisotopic (exact) mass is 342 g/mol. The molecule has 3 amide bonds. The van der Waals surface area contributed by atoms with Crippen molar-refractivity contribution >= 4 is 33.7 Å². The number of carbonyl (C=O) groups excluding carboxylic acids is 1. The molecule has 0 unspecified atom stereocenters. The summed E-state index contributed by atoms with van der Waals surface area (Å²) in [5.74, 6) is 0.0953. The summed E-state index contributed by atoms with van der Waals surface area (Å²) in [6.45, 7) is 1.18. The normalized spacial score (nSPS) is 16.4. The first kappa shape index (κ1) is 14.6. The summed E-state index contributed by atoms with van der Waals surface area (Å²) in [7, 11) is 3.50. The maximum absolute atomic E-state index is 11.7. The van der Waals surface area contributed by atoms with E-state index in [4.69, 9.17) is 5.11 Å². The summed E-state index contributed by atoms with van der Waals surface area (Å²) in [5.41, 5.74) is 1.22. The highest BCUT2D eigenvalue weighted by molar-refractivity contribution is 9.10. The van der Waals surface area contributed by atoms with Crippen molar-refractivity contribution in [2.24, 2.45) is 0 Å². The largest absolute Gasteiger partial charge is 0.465 e. The Bertz CT molecular complexity index is 538. The third-order valence-electron chi connectivity index (χ3n) is 3.17. The predicted molar refractivity (Wildman–Crippen MR) is 77.0 cm³/mol. The second-order valence-electron chi connectivity index (χ2n) is 4.75. The Labute approximate surface area is 124 Å². The average molecular weight is 343 g/mol. The van der Waals surface area contributed by atoms with Crippen molar-refractivity contribution in [2.75, 3.05) is 32.5 Å². The van der Waals surface area contributed by atoms with Crippen LogP contribution in [0.1, 0.15) is 11.6 Å². The summed E-state index contributed by atoms with van der Waals surface area (Å²) in [6, 6.07) is 3.43. The molecule has 1 aromatic heterocycles. The summed E-state index contributed by atoms with van der Waals surface area (Å²) in [6.07, 6.45) is -1.14. The minimum Gasteiger partial charge on any atom is -0.465 e. The van der Waals surface area contributed by atoms with Gasteiger partial charge < -0.3 is 14.9 Å². The molecule has 2 N–H and O–H groups in total. The van der Waals surface area contributed by atoms with E-state index in [0.717, 1.165) is 5.69 Å². The molecule has 108 valence electrons. The molecule has 1 saturated heterocycles. The first-order valence-corrected chi connectivity index (χ1v) is 6.80. The lowest BCUT2D eigenvalue weighted by molar-refractivity contribution is 0.144. The van der Waals surface area contributed by atoms with Gasteiger partial charge in [0, 0.05) is 38.8 Å². The van der Waals surface area contributed by atoms with Crippen LogP contribution in [-0.2, 0) is 0 Å². The summed E-state index contributed by atoms with van der Waals surface area (Å²) in [5, 5.41) is 11.0. The minimum atomic E-state index is -1.14. The van der Waals surface area contributed by atoms with Crippen LogP contribution in [0.2, 0.25) is 0 Å². The van der Waals surface area contributed by atoms with E-state index in [-0.39, 0.29) is 11.9 Å². The molecule has 1 aliphatic heterocycles. The Hall–Kier alpha value is -1.83. The zero-order chi connectivity index (χ0) is 14.9. The highest BCUT2D eigenvalue weighted by Crippen LogP contribution is 2.26. The van der Waals surface area contributed by atoms with Gasteiger partial charge in [-0.1, -0.05) is 0 Å². The second kappa shape index (κ2) is 5.66. The highest BCUT2D eigenvalue weighted by Gasteiger charge is 2.29. The Kier molecular flexibility index (Phi) is 4.12. The van der Waals surface area contributed by atoms with Crippen LogP contribution in [-0.4, -0.2) is 59.2 Å². The number of hydrogen-bond acceptors (Lipinski definition) is 3. The molecule has 1 aromatic rings. The van der Waals surface area contributed by atoms with Crippen LogP contribution in [0.3, 0.4) is 0 Å². The quantitative estimate of drug-likeness (QED) is 0.805. The van der Waals surface area contributed by atoms with Crippen LogP contribution in [0.25, 0.3) is 0 Å². The first-order chi connectivity index (χ1) is 9.38. The standard InChI is InChI=1S/C12H15BrN4O3/c1-16-5-7(6-17(2)12(16)20)8-3-4-9(10(13)14-8)15-11(18)19/h3-4,7,15H,5-6H2,1-2H3,(H,18,19). The van der Waals surface area contributed by atoms with E-state index >= 15 is 0 Å². The average Bonchev–Trinajstić information content (AvgIpc) is 2.37. The molecule has 2 heterocycles. The van der Waals surface area contributed by atoms with Gasteiger partial charge in [-0.2, -0.15) is 0 Å². The third-order valence-corrected chi connectivity index (χ3v) is 3.78. The molecule has 0 spiro atoms. The number of nitrogens with zero attached hydrogens (tertiary/aromatic N) is 3. The lowest BCUT2D eigenvalue weighted by Gasteiger charge is -2.36. The molecule has 8 heteroatoms. The lowest BCUT2D eigenvalue weighted by atomic mass is 10.0. The predicted octanol–water partition coefficient (Wildman–Crippen LogP) is 2.01. The van der Waals surface area contributed by atoms with Crippen molar-refractivity contribution in [3.63, 3.8) is 0 Å². The Balaban J connectivity index is 2.19. The Morgan fingerprint density at radius 1 is 1.40 bits per heavy atom. The van der Waals surface area contributed by atoms with Crippen LogP contribution in [0, 0.1) is 0 Å². The maximum atomic E-state index is 11.7. The van der Waals surface area contributed by atoms with Gasteiger partial charge in [0.2, 0.25) is 0 Å². The number of anilines is 1. The van der Waals surface area contributed by atoms with Gasteiger partial charge in [0.1, 0.15) is 4.60 Å². The van der Waals surface area contributed by atoms with Gasteiger partial charge in [-0.05, 0) is 28.1 Å². The molecule has 1 aliphatic rings. The number of carbonyl (C=O) groups is 2. The van der Waals surface area contributed by atoms with Crippen molar-refractivity contribution in [1.82, 2.24) is 14.8 Å². The van der Waals surface area contributed by atoms with Gasteiger partial charge in [-0.15, -0.1) is 0 Å². The topological polar surface area (TPSA) is 85.8 Å². The number of rotatable bonds is 2. The van der Waals surface area contributed by atoms with E-state index in [1.165, 1.54) is 0 Å². The van der Waals surface area contributed by atoms with Crippen LogP contribution in [0.5, 0.6) is 0 Å². The molecule has 20 heavy (non-hydrogen) atoms. The molecule has 0 radical (unpaired) electrons. The molecule has 1 fully saturated rings. The zero-order valence-electron chi connectivity index (χ0n) is 11.1. The van der Waals surface area contributed by atoms with Gasteiger partial charge in [-0.3, -0.25) is 5.32 Å². The molecular formula is C12H15BrN4O3. The summed E-state index contributed by atoms with van der Waals surface area (Å²) >= 11 is 3.25. The highest BCUT2D eigenvalue weighted by atomic mass is 79.9. The van der Waals surface area contributed by atoms with Crippen molar-refractivity contribution in [3.8, 4) is 0 Å². The van der Waals surface area contributed by atoms with Gasteiger partial charge in [-0.25, -0.2) is 14.6 Å². The molecule has 2 rings (SSSR count). The number of pyridine rings is 1. The second-order valence-corrected chi connectivity index (χ2v) is 5.50. The smallest absolute Gasteiger partial charge is 0.409 e. The molecule has 0 aromatic carbocycles. The van der Waals surface area contributed by atoms with Crippen molar-refractivity contribution in [2.45, 2.75) is 5.92 Å². The molecule has 0 saturated carbocycles. The van der Waals surface area contributed by atoms with E-state index in [9.17, 15) is 9.59 Å². The zero-order valence-corrected chi connectivity index (χ0v) is 12.7. The fourth-order valence-corrected chi connectivity index (χ4v) is 2.67. The van der Waals surface area contributed by atoms with E-state index in [2.05, 4.69) is 26.2 Å². The third kappa shape index (κ3) is 3.01. The lowest BCUT2D eigenvalue weighted by Crippen LogP contribution is -2.49. The number of nitrogens with one attached hydrogen (secondary N) is 1. The van der Waals surface area contributed by atoms with Crippen LogP contribution >= 0.6 is 15.9 Å². The van der Waals surface area contributed by atoms with Gasteiger partial charge in [0.05, 0.1) is 5.69 Å².